The highest BCUT2D eigenvalue weighted by molar-refractivity contribution is 7.80. The van der Waals surface area contributed by atoms with Gasteiger partial charge in [0.2, 0.25) is 11.8 Å². The van der Waals surface area contributed by atoms with Crippen LogP contribution in [0.15, 0.2) is 34.9 Å². The molecule has 10 nitrogen and oxygen atoms in total. The third-order valence-corrected chi connectivity index (χ3v) is 6.34. The van der Waals surface area contributed by atoms with E-state index in [0.29, 0.717) is 12.0 Å². The molecule has 200 valence electrons. The molecule has 0 aromatic rings. The lowest BCUT2D eigenvalue weighted by molar-refractivity contribution is -0.155. The van der Waals surface area contributed by atoms with Crippen molar-refractivity contribution in [2.45, 2.75) is 72.1 Å². The Hall–Kier alpha value is -2.92. The van der Waals surface area contributed by atoms with Gasteiger partial charge in [-0.25, -0.2) is 0 Å². The molecule has 3 unspecified atom stereocenters. The SMILES string of the molecule is C/C=C(C)/C=C/C1=C(C)C(=O)C(OC(=O)CNC(=O)C(CS)NC(=O)CCC(N)C(=O)O)CC1(C)C. The molecule has 0 spiro atoms. The normalized spacial score (nSPS) is 19.6. The Bertz CT molecular complexity index is 969. The second-order valence-electron chi connectivity index (χ2n) is 9.34. The van der Waals surface area contributed by atoms with Gasteiger partial charge in [0.15, 0.2) is 11.9 Å². The third kappa shape index (κ3) is 9.27. The van der Waals surface area contributed by atoms with E-state index in [1.165, 1.54) is 0 Å². The highest BCUT2D eigenvalue weighted by Gasteiger charge is 2.39. The van der Waals surface area contributed by atoms with Gasteiger partial charge in [-0.15, -0.1) is 0 Å². The molecule has 5 N–H and O–H groups in total. The van der Waals surface area contributed by atoms with Crippen molar-refractivity contribution in [2.75, 3.05) is 12.3 Å². The Balaban J connectivity index is 2.70. The molecule has 0 heterocycles. The van der Waals surface area contributed by atoms with E-state index in [1.807, 2.05) is 45.9 Å². The molecule has 1 aliphatic carbocycles. The van der Waals surface area contributed by atoms with Gasteiger partial charge in [-0.3, -0.25) is 24.0 Å². The first-order valence-corrected chi connectivity index (χ1v) is 12.3. The summed E-state index contributed by atoms with van der Waals surface area (Å²) in [5.74, 6) is -3.60. The fraction of sp³-hybridized carbons (Fsp3) is 0.560. The number of aliphatic carboxylic acids is 1. The average molecular weight is 524 g/mol. The molecule has 0 aromatic heterocycles. The van der Waals surface area contributed by atoms with Gasteiger partial charge >= 0.3 is 11.9 Å². The van der Waals surface area contributed by atoms with E-state index in [9.17, 15) is 24.0 Å². The largest absolute Gasteiger partial charge is 0.480 e. The average Bonchev–Trinajstić information content (AvgIpc) is 2.81. The number of thiol groups is 1. The first-order valence-electron chi connectivity index (χ1n) is 11.7. The van der Waals surface area contributed by atoms with Crippen LogP contribution in [0.5, 0.6) is 0 Å². The number of carbonyl (C=O) groups excluding carboxylic acids is 4. The molecule has 1 aliphatic rings. The molecule has 0 radical (unpaired) electrons. The smallest absolute Gasteiger partial charge is 0.326 e. The van der Waals surface area contributed by atoms with Crippen molar-refractivity contribution in [3.63, 3.8) is 0 Å². The van der Waals surface area contributed by atoms with Crippen molar-refractivity contribution >= 4 is 42.2 Å². The van der Waals surface area contributed by atoms with E-state index in [1.54, 1.807) is 6.92 Å². The van der Waals surface area contributed by atoms with E-state index in [-0.39, 0.29) is 24.4 Å². The lowest BCUT2D eigenvalue weighted by Gasteiger charge is -2.36. The zero-order valence-corrected chi connectivity index (χ0v) is 22.3. The number of ether oxygens (including phenoxy) is 1. The number of Topliss-reactive ketones (excluding diaryl/α,β-unsaturated/α-hetero) is 1. The third-order valence-electron chi connectivity index (χ3n) is 5.97. The molecule has 0 fully saturated rings. The van der Waals surface area contributed by atoms with Gasteiger partial charge < -0.3 is 26.2 Å². The summed E-state index contributed by atoms with van der Waals surface area (Å²) in [7, 11) is 0. The van der Waals surface area contributed by atoms with Crippen LogP contribution in [0.3, 0.4) is 0 Å². The van der Waals surface area contributed by atoms with Gasteiger partial charge in [-0.05, 0) is 43.8 Å². The summed E-state index contributed by atoms with van der Waals surface area (Å²) in [6.45, 7) is 9.04. The van der Waals surface area contributed by atoms with Gasteiger partial charge in [0.25, 0.3) is 0 Å². The zero-order chi connectivity index (χ0) is 27.6. The topological polar surface area (TPSA) is 165 Å². The van der Waals surface area contributed by atoms with Crippen molar-refractivity contribution < 1.29 is 33.8 Å². The fourth-order valence-electron chi connectivity index (χ4n) is 3.66. The van der Waals surface area contributed by atoms with Gasteiger partial charge in [-0.1, -0.05) is 37.6 Å². The summed E-state index contributed by atoms with van der Waals surface area (Å²) < 4.78 is 5.39. The number of hydrogen-bond donors (Lipinski definition) is 5. The Morgan fingerprint density at radius 3 is 2.50 bits per heavy atom. The summed E-state index contributed by atoms with van der Waals surface area (Å²) in [6, 6.07) is -2.24. The molecule has 11 heteroatoms. The van der Waals surface area contributed by atoms with E-state index in [4.69, 9.17) is 15.6 Å². The molecule has 0 aromatic carbocycles. The van der Waals surface area contributed by atoms with Crippen molar-refractivity contribution in [3.05, 3.63) is 34.9 Å². The van der Waals surface area contributed by atoms with Crippen LogP contribution >= 0.6 is 12.6 Å². The van der Waals surface area contributed by atoms with Crippen LogP contribution in [-0.4, -0.2) is 65.1 Å². The van der Waals surface area contributed by atoms with Crippen LogP contribution in [0.25, 0.3) is 0 Å². The number of ketones is 1. The first-order chi connectivity index (χ1) is 16.7. The van der Waals surface area contributed by atoms with E-state index >= 15 is 0 Å². The second-order valence-corrected chi connectivity index (χ2v) is 9.70. The Morgan fingerprint density at radius 2 is 1.94 bits per heavy atom. The quantitative estimate of drug-likeness (QED) is 0.146. The summed E-state index contributed by atoms with van der Waals surface area (Å²) in [6.07, 6.45) is 4.86. The Kier molecular flexibility index (Phi) is 12.1. The van der Waals surface area contributed by atoms with Crippen LogP contribution in [0.4, 0.5) is 0 Å². The minimum absolute atomic E-state index is 0.0557. The Morgan fingerprint density at radius 1 is 1.31 bits per heavy atom. The lowest BCUT2D eigenvalue weighted by atomic mass is 9.71. The molecular formula is C25H37N3O7S. The number of carboxylic acid groups (broad SMARTS) is 1. The van der Waals surface area contributed by atoms with E-state index in [2.05, 4.69) is 23.3 Å². The summed E-state index contributed by atoms with van der Waals surface area (Å²) in [5, 5.41) is 13.6. The van der Waals surface area contributed by atoms with E-state index in [0.717, 1.165) is 11.1 Å². The zero-order valence-electron chi connectivity index (χ0n) is 21.4. The van der Waals surface area contributed by atoms with E-state index < -0.39 is 53.9 Å². The van der Waals surface area contributed by atoms with Gasteiger partial charge in [0.05, 0.1) is 0 Å². The molecule has 3 atom stereocenters. The van der Waals surface area contributed by atoms with Crippen molar-refractivity contribution in [3.8, 4) is 0 Å². The molecule has 36 heavy (non-hydrogen) atoms. The molecule has 0 saturated heterocycles. The first kappa shape index (κ1) is 31.1. The molecule has 1 rings (SSSR count). The van der Waals surface area contributed by atoms with Crippen molar-refractivity contribution in [2.24, 2.45) is 11.1 Å². The Labute approximate surface area is 217 Å². The van der Waals surface area contributed by atoms with Crippen LogP contribution in [-0.2, 0) is 28.7 Å². The van der Waals surface area contributed by atoms with Gasteiger partial charge in [0.1, 0.15) is 18.6 Å². The number of nitrogens with one attached hydrogen (secondary N) is 2. The fourth-order valence-corrected chi connectivity index (χ4v) is 3.92. The molecule has 0 saturated carbocycles. The molecule has 2 amide bonds. The number of amides is 2. The highest BCUT2D eigenvalue weighted by Crippen LogP contribution is 2.40. The maximum Gasteiger partial charge on any atom is 0.326 e. The van der Waals surface area contributed by atoms with Gasteiger partial charge in [-0.2, -0.15) is 12.6 Å². The summed E-state index contributed by atoms with van der Waals surface area (Å²) in [4.78, 5) is 60.4. The summed E-state index contributed by atoms with van der Waals surface area (Å²) in [5.41, 5.74) is 7.41. The number of allylic oxidation sites excluding steroid dienone is 5. The van der Waals surface area contributed by atoms with Crippen molar-refractivity contribution in [1.29, 1.82) is 0 Å². The monoisotopic (exact) mass is 523 g/mol. The minimum Gasteiger partial charge on any atom is -0.480 e. The van der Waals surface area contributed by atoms with Crippen LogP contribution < -0.4 is 16.4 Å². The number of rotatable bonds is 12. The number of carbonyl (C=O) groups is 5. The van der Waals surface area contributed by atoms with Crippen LogP contribution in [0.2, 0.25) is 0 Å². The maximum atomic E-state index is 12.9. The number of hydrogen-bond acceptors (Lipinski definition) is 8. The highest BCUT2D eigenvalue weighted by atomic mass is 32.1. The molecule has 0 bridgehead atoms. The van der Waals surface area contributed by atoms with Crippen LogP contribution in [0, 0.1) is 5.41 Å². The minimum atomic E-state index is -1.23. The summed E-state index contributed by atoms with van der Waals surface area (Å²) >= 11 is 4.04. The predicted octanol–water partition coefficient (Wildman–Crippen LogP) is 1.46. The number of nitrogens with two attached hydrogens (primary N) is 1. The van der Waals surface area contributed by atoms with Crippen molar-refractivity contribution in [1.82, 2.24) is 10.6 Å². The van der Waals surface area contributed by atoms with Crippen LogP contribution in [0.1, 0.15) is 53.9 Å². The number of carboxylic acids is 1. The van der Waals surface area contributed by atoms with Gasteiger partial charge in [0, 0.05) is 18.6 Å². The predicted molar refractivity (Wildman–Crippen MR) is 138 cm³/mol. The second kappa shape index (κ2) is 14.0. The lowest BCUT2D eigenvalue weighted by Crippen LogP contribution is -2.49. The maximum absolute atomic E-state index is 12.9. The number of esters is 1. The molecule has 0 aliphatic heterocycles. The standard InChI is InChI=1S/C25H37N3O7S/c1-6-14(2)7-8-16-15(3)22(31)19(11-25(16,4)5)35-21(30)12-27-23(32)18(13-36)28-20(29)10-9-17(26)24(33)34/h6-8,17-19,36H,9-13,26H2,1-5H3,(H,27,32)(H,28,29)(H,33,34)/b8-7+,14-6+. The molecular weight excluding hydrogens is 486 g/mol.